The van der Waals surface area contributed by atoms with Crippen LogP contribution in [0.2, 0.25) is 0 Å². The van der Waals surface area contributed by atoms with Crippen molar-refractivity contribution in [3.05, 3.63) is 29.8 Å². The maximum atomic E-state index is 10.5. The number of ether oxygens (including phenoxy) is 1. The molecule has 0 atom stereocenters. The average Bonchev–Trinajstić information content (AvgIpc) is 2.90. The first-order chi connectivity index (χ1) is 18.2. The van der Waals surface area contributed by atoms with E-state index in [4.69, 9.17) is 9.84 Å². The summed E-state index contributed by atoms with van der Waals surface area (Å²) in [6.45, 7) is 0. The third-order valence-electron chi connectivity index (χ3n) is 6.93. The molecule has 0 radical (unpaired) electrons. The molecule has 0 amide bonds. The number of benzene rings is 1. The van der Waals surface area contributed by atoms with Crippen LogP contribution in [-0.2, 0) is 10.5 Å². The third kappa shape index (κ3) is 24.0. The van der Waals surface area contributed by atoms with Crippen LogP contribution in [0.15, 0.2) is 24.3 Å². The van der Waals surface area contributed by atoms with E-state index in [1.165, 1.54) is 132 Å². The Morgan fingerprint density at radius 2 is 0.973 bits per heavy atom. The summed E-state index contributed by atoms with van der Waals surface area (Å²) in [4.78, 5) is 10.5. The number of hydrogen-bond acceptors (Lipinski definition) is 4. The van der Waals surface area contributed by atoms with E-state index < -0.39 is 5.97 Å². The van der Waals surface area contributed by atoms with Crippen LogP contribution in [0, 0.1) is 0 Å². The Morgan fingerprint density at radius 3 is 1.38 bits per heavy atom. The van der Waals surface area contributed by atoms with Crippen molar-refractivity contribution in [2.45, 2.75) is 134 Å². The summed E-state index contributed by atoms with van der Waals surface area (Å²) in [6, 6.07) is 8.46. The van der Waals surface area contributed by atoms with Gasteiger partial charge in [0, 0.05) is 12.2 Å². The predicted molar refractivity (Wildman–Crippen MR) is 166 cm³/mol. The quantitative estimate of drug-likeness (QED) is 0.105. The highest BCUT2D eigenvalue weighted by atomic mass is 32.2. The Balaban J connectivity index is 1.67. The summed E-state index contributed by atoms with van der Waals surface area (Å²) in [6.07, 6.45) is 25.7. The fraction of sp³-hybridized carbons (Fsp3) is 0.781. The summed E-state index contributed by atoms with van der Waals surface area (Å²) >= 11 is 4.22. The zero-order chi connectivity index (χ0) is 26.7. The molecular weight excluding hydrogens is 496 g/mol. The van der Waals surface area contributed by atoms with Crippen LogP contribution in [-0.4, -0.2) is 35.4 Å². The van der Waals surface area contributed by atoms with Crippen molar-refractivity contribution in [2.24, 2.45) is 0 Å². The van der Waals surface area contributed by atoms with Crippen molar-refractivity contribution in [3.8, 4) is 5.75 Å². The minimum Gasteiger partial charge on any atom is -0.497 e. The lowest BCUT2D eigenvalue weighted by molar-refractivity contribution is -0.137. The topological polar surface area (TPSA) is 46.5 Å². The lowest BCUT2D eigenvalue weighted by atomic mass is 10.1. The van der Waals surface area contributed by atoms with Crippen LogP contribution in [0.1, 0.15) is 134 Å². The van der Waals surface area contributed by atoms with Crippen molar-refractivity contribution in [1.29, 1.82) is 0 Å². The molecule has 5 heteroatoms. The van der Waals surface area contributed by atoms with Gasteiger partial charge < -0.3 is 9.84 Å². The summed E-state index contributed by atoms with van der Waals surface area (Å²) in [5.41, 5.74) is 1.39. The van der Waals surface area contributed by atoms with Gasteiger partial charge in [-0.25, -0.2) is 0 Å². The molecule has 3 nitrogen and oxygen atoms in total. The number of methoxy groups -OCH3 is 1. The molecule has 0 saturated carbocycles. The van der Waals surface area contributed by atoms with Gasteiger partial charge in [-0.1, -0.05) is 108 Å². The summed E-state index contributed by atoms with van der Waals surface area (Å²) in [5.74, 6) is 5.38. The molecule has 0 aliphatic rings. The first kappa shape index (κ1) is 34.2. The first-order valence-electron chi connectivity index (χ1n) is 15.2. The lowest BCUT2D eigenvalue weighted by Gasteiger charge is -2.05. The Bertz CT molecular complexity index is 621. The molecule has 1 aromatic carbocycles. The number of hydrogen-bond donors (Lipinski definition) is 1. The number of carbonyl (C=O) groups is 1. The molecule has 1 aromatic rings. The highest BCUT2D eigenvalue weighted by Gasteiger charge is 1.99. The smallest absolute Gasteiger partial charge is 0.303 e. The van der Waals surface area contributed by atoms with Gasteiger partial charge in [0.25, 0.3) is 0 Å². The van der Waals surface area contributed by atoms with E-state index in [-0.39, 0.29) is 0 Å². The van der Waals surface area contributed by atoms with E-state index in [1.807, 2.05) is 0 Å². The Morgan fingerprint density at radius 1 is 0.595 bits per heavy atom. The van der Waals surface area contributed by atoms with Gasteiger partial charge in [0.05, 0.1) is 7.11 Å². The van der Waals surface area contributed by atoms with E-state index in [2.05, 4.69) is 47.8 Å². The Kier molecular flexibility index (Phi) is 24.8. The number of thioether (sulfide) groups is 2. The Hall–Kier alpha value is -0.810. The molecule has 0 bridgehead atoms. The highest BCUT2D eigenvalue weighted by molar-refractivity contribution is 7.99. The van der Waals surface area contributed by atoms with Gasteiger partial charge in [-0.15, -0.1) is 0 Å². The van der Waals surface area contributed by atoms with Crippen molar-refractivity contribution < 1.29 is 14.6 Å². The molecule has 214 valence electrons. The fourth-order valence-corrected chi connectivity index (χ4v) is 6.56. The van der Waals surface area contributed by atoms with Crippen molar-refractivity contribution in [2.75, 3.05) is 24.4 Å². The van der Waals surface area contributed by atoms with Crippen LogP contribution in [0.3, 0.4) is 0 Å². The minimum atomic E-state index is -0.655. The molecule has 0 aromatic heterocycles. The number of carboxylic acids is 1. The molecule has 1 rings (SSSR count). The zero-order valence-corrected chi connectivity index (χ0v) is 25.5. The standard InChI is InChI=1S/C32H56O3S2/c1-35-31-24-22-30(23-25-31)29-37-28-20-16-12-7-3-2-6-10-14-18-26-36-27-19-15-11-8-4-5-9-13-17-21-32(33)34/h22-25H,2-21,26-29H2,1H3,(H,33,34). The molecule has 0 aliphatic heterocycles. The van der Waals surface area contributed by atoms with Gasteiger partial charge in [0.15, 0.2) is 0 Å². The fourth-order valence-electron chi connectivity index (χ4n) is 4.55. The molecule has 37 heavy (non-hydrogen) atoms. The molecule has 0 unspecified atom stereocenters. The first-order valence-corrected chi connectivity index (χ1v) is 17.5. The largest absolute Gasteiger partial charge is 0.497 e. The van der Waals surface area contributed by atoms with E-state index in [9.17, 15) is 4.79 Å². The molecule has 1 N–H and O–H groups in total. The molecular formula is C32H56O3S2. The molecule has 0 fully saturated rings. The summed E-state index contributed by atoms with van der Waals surface area (Å²) in [7, 11) is 1.72. The lowest BCUT2D eigenvalue weighted by Crippen LogP contribution is -1.93. The zero-order valence-electron chi connectivity index (χ0n) is 23.9. The molecule has 0 aliphatic carbocycles. The van der Waals surface area contributed by atoms with Crippen LogP contribution in [0.25, 0.3) is 0 Å². The van der Waals surface area contributed by atoms with Crippen LogP contribution < -0.4 is 4.74 Å². The van der Waals surface area contributed by atoms with Crippen molar-refractivity contribution in [3.63, 3.8) is 0 Å². The molecule has 0 saturated heterocycles. The van der Waals surface area contributed by atoms with Crippen molar-refractivity contribution >= 4 is 29.5 Å². The Labute approximate surface area is 237 Å². The number of rotatable bonds is 28. The van der Waals surface area contributed by atoms with Gasteiger partial charge in [-0.2, -0.15) is 23.5 Å². The SMILES string of the molecule is COc1ccc(CSCCCCCCCCCCCCSCCCCCCCCCCCC(=O)O)cc1. The van der Waals surface area contributed by atoms with E-state index in [1.54, 1.807) is 7.11 Å². The molecule has 0 heterocycles. The maximum absolute atomic E-state index is 10.5. The second-order valence-corrected chi connectivity index (χ2v) is 12.7. The predicted octanol–water partition coefficient (Wildman–Crippen LogP) is 10.5. The number of aliphatic carboxylic acids is 1. The van der Waals surface area contributed by atoms with Crippen LogP contribution in [0.5, 0.6) is 5.75 Å². The van der Waals surface area contributed by atoms with Gasteiger partial charge in [-0.3, -0.25) is 4.79 Å². The normalized spacial score (nSPS) is 11.2. The van der Waals surface area contributed by atoms with E-state index >= 15 is 0 Å². The van der Waals surface area contributed by atoms with Gasteiger partial charge >= 0.3 is 5.97 Å². The summed E-state index contributed by atoms with van der Waals surface area (Å²) < 4.78 is 5.22. The van der Waals surface area contributed by atoms with E-state index in [0.29, 0.717) is 6.42 Å². The van der Waals surface area contributed by atoms with Gasteiger partial charge in [0.1, 0.15) is 5.75 Å². The third-order valence-corrected chi connectivity index (χ3v) is 9.20. The number of carboxylic acid groups (broad SMARTS) is 1. The van der Waals surface area contributed by atoms with E-state index in [0.717, 1.165) is 24.3 Å². The summed E-state index contributed by atoms with van der Waals surface area (Å²) in [5, 5.41) is 8.62. The van der Waals surface area contributed by atoms with Crippen LogP contribution in [0.4, 0.5) is 0 Å². The monoisotopic (exact) mass is 552 g/mol. The highest BCUT2D eigenvalue weighted by Crippen LogP contribution is 2.19. The maximum Gasteiger partial charge on any atom is 0.303 e. The van der Waals surface area contributed by atoms with Crippen LogP contribution >= 0.6 is 23.5 Å². The van der Waals surface area contributed by atoms with Gasteiger partial charge in [0.2, 0.25) is 0 Å². The van der Waals surface area contributed by atoms with Crippen molar-refractivity contribution in [1.82, 2.24) is 0 Å². The second kappa shape index (κ2) is 26.8. The molecule has 0 spiro atoms. The average molecular weight is 553 g/mol. The van der Waals surface area contributed by atoms with Gasteiger partial charge in [-0.05, 0) is 60.6 Å². The minimum absolute atomic E-state index is 0.339. The number of unbranched alkanes of at least 4 members (excludes halogenated alkanes) is 17. The second-order valence-electron chi connectivity index (χ2n) is 10.4.